The molecular formula is C23H27N5O. The molecule has 1 aliphatic heterocycles. The Kier molecular flexibility index (Phi) is 5.60. The lowest BCUT2D eigenvalue weighted by atomic mass is 10.1. The minimum atomic E-state index is 0.132. The van der Waals surface area contributed by atoms with Crippen LogP contribution in [0.1, 0.15) is 24.5 Å². The van der Waals surface area contributed by atoms with E-state index < -0.39 is 0 Å². The zero-order valence-corrected chi connectivity index (χ0v) is 17.1. The number of hydrogen-bond donors (Lipinski definition) is 1. The Morgan fingerprint density at radius 1 is 1.03 bits per heavy atom. The number of benzene rings is 2. The van der Waals surface area contributed by atoms with Crippen molar-refractivity contribution in [2.24, 2.45) is 0 Å². The molecule has 6 nitrogen and oxygen atoms in total. The molecule has 3 aromatic rings. The molecule has 6 heteroatoms. The Bertz CT molecular complexity index is 1000. The summed E-state index contributed by atoms with van der Waals surface area (Å²) in [4.78, 5) is 25.6. The van der Waals surface area contributed by atoms with Crippen LogP contribution in [0.2, 0.25) is 0 Å². The van der Waals surface area contributed by atoms with Crippen LogP contribution < -0.4 is 10.2 Å². The van der Waals surface area contributed by atoms with E-state index in [-0.39, 0.29) is 5.91 Å². The zero-order chi connectivity index (χ0) is 20.2. The van der Waals surface area contributed by atoms with Crippen LogP contribution in [0, 0.1) is 6.92 Å². The molecule has 0 bridgehead atoms. The average Bonchev–Trinajstić information content (AvgIpc) is 2.99. The number of hydrogen-bond acceptors (Lipinski definition) is 5. The highest BCUT2D eigenvalue weighted by atomic mass is 16.2. The molecule has 1 saturated heterocycles. The third-order valence-electron chi connectivity index (χ3n) is 5.37. The Labute approximate surface area is 171 Å². The van der Waals surface area contributed by atoms with Crippen LogP contribution in [-0.4, -0.2) is 47.0 Å². The van der Waals surface area contributed by atoms with E-state index in [1.807, 2.05) is 23.1 Å². The molecule has 0 unspecified atom stereocenters. The predicted molar refractivity (Wildman–Crippen MR) is 117 cm³/mol. The van der Waals surface area contributed by atoms with Crippen LogP contribution in [0.5, 0.6) is 0 Å². The van der Waals surface area contributed by atoms with E-state index in [9.17, 15) is 4.79 Å². The number of anilines is 2. The van der Waals surface area contributed by atoms with Gasteiger partial charge in [-0.15, -0.1) is 0 Å². The maximum Gasteiger partial charge on any atom is 0.227 e. The van der Waals surface area contributed by atoms with Crippen LogP contribution in [-0.2, 0) is 11.3 Å². The van der Waals surface area contributed by atoms with Gasteiger partial charge in [0, 0.05) is 45.0 Å². The fraction of sp³-hybridized carbons (Fsp3) is 0.348. The van der Waals surface area contributed by atoms with Crippen LogP contribution in [0.15, 0.2) is 48.5 Å². The van der Waals surface area contributed by atoms with Crippen molar-refractivity contribution in [1.29, 1.82) is 0 Å². The highest BCUT2D eigenvalue weighted by molar-refractivity contribution is 5.90. The summed E-state index contributed by atoms with van der Waals surface area (Å²) < 4.78 is 0. The summed E-state index contributed by atoms with van der Waals surface area (Å²) in [6.45, 7) is 7.51. The second-order valence-electron chi connectivity index (χ2n) is 7.58. The quantitative estimate of drug-likeness (QED) is 0.739. The minimum absolute atomic E-state index is 0.132. The predicted octanol–water partition coefficient (Wildman–Crippen LogP) is 3.61. The zero-order valence-electron chi connectivity index (χ0n) is 17.1. The van der Waals surface area contributed by atoms with Crippen molar-refractivity contribution in [3.63, 3.8) is 0 Å². The van der Waals surface area contributed by atoms with Gasteiger partial charge in [-0.25, -0.2) is 4.98 Å². The number of nitrogens with zero attached hydrogens (tertiary/aromatic N) is 4. The van der Waals surface area contributed by atoms with E-state index >= 15 is 0 Å². The molecule has 29 heavy (non-hydrogen) atoms. The lowest BCUT2D eigenvalue weighted by Gasteiger charge is -2.22. The number of aromatic nitrogens is 2. The Morgan fingerprint density at radius 2 is 1.86 bits per heavy atom. The SMILES string of the molecule is CC(=O)N1CCCN(c2nc(NCc3ccccc3)c3ccc(C)cc3n2)CC1. The summed E-state index contributed by atoms with van der Waals surface area (Å²) in [5.74, 6) is 1.71. The van der Waals surface area contributed by atoms with Crippen LogP contribution in [0.3, 0.4) is 0 Å². The standard InChI is InChI=1S/C23H27N5O/c1-17-9-10-20-21(15-17)25-23(28-12-6-11-27(13-14-28)18(2)29)26-22(20)24-16-19-7-4-3-5-8-19/h3-5,7-10,15H,6,11-14,16H2,1-2H3,(H,24,25,26). The molecule has 1 fully saturated rings. The van der Waals surface area contributed by atoms with E-state index in [0.29, 0.717) is 13.1 Å². The number of aryl methyl sites for hydroxylation is 1. The smallest absolute Gasteiger partial charge is 0.227 e. The van der Waals surface area contributed by atoms with Crippen molar-refractivity contribution in [3.05, 3.63) is 59.7 Å². The topological polar surface area (TPSA) is 61.4 Å². The normalized spacial score (nSPS) is 14.7. The van der Waals surface area contributed by atoms with E-state index in [0.717, 1.165) is 48.7 Å². The second-order valence-corrected chi connectivity index (χ2v) is 7.58. The van der Waals surface area contributed by atoms with Crippen molar-refractivity contribution >= 4 is 28.6 Å². The van der Waals surface area contributed by atoms with Gasteiger partial charge in [-0.3, -0.25) is 4.79 Å². The number of carbonyl (C=O) groups is 1. The minimum Gasteiger partial charge on any atom is -0.365 e. The molecule has 1 amide bonds. The molecule has 1 aliphatic rings. The van der Waals surface area contributed by atoms with Crippen LogP contribution >= 0.6 is 0 Å². The van der Waals surface area contributed by atoms with Gasteiger partial charge >= 0.3 is 0 Å². The first-order valence-corrected chi connectivity index (χ1v) is 10.2. The van der Waals surface area contributed by atoms with Gasteiger partial charge in [-0.2, -0.15) is 4.98 Å². The molecule has 0 spiro atoms. The van der Waals surface area contributed by atoms with Gasteiger partial charge in [0.1, 0.15) is 5.82 Å². The first-order valence-electron chi connectivity index (χ1n) is 10.2. The average molecular weight is 390 g/mol. The summed E-state index contributed by atoms with van der Waals surface area (Å²) in [6.07, 6.45) is 0.918. The summed E-state index contributed by atoms with van der Waals surface area (Å²) >= 11 is 0. The van der Waals surface area contributed by atoms with E-state index in [2.05, 4.69) is 47.5 Å². The van der Waals surface area contributed by atoms with Gasteiger partial charge in [-0.1, -0.05) is 36.4 Å². The van der Waals surface area contributed by atoms with Crippen LogP contribution in [0.25, 0.3) is 10.9 Å². The Hall–Kier alpha value is -3.15. The largest absolute Gasteiger partial charge is 0.365 e. The number of carbonyl (C=O) groups excluding carboxylic acids is 1. The van der Waals surface area contributed by atoms with E-state index in [4.69, 9.17) is 9.97 Å². The molecule has 0 aliphatic carbocycles. The maximum absolute atomic E-state index is 11.7. The number of amides is 1. The molecule has 0 saturated carbocycles. The molecule has 4 rings (SSSR count). The van der Waals surface area contributed by atoms with Crippen LogP contribution in [0.4, 0.5) is 11.8 Å². The molecule has 150 valence electrons. The highest BCUT2D eigenvalue weighted by Gasteiger charge is 2.20. The highest BCUT2D eigenvalue weighted by Crippen LogP contribution is 2.25. The van der Waals surface area contributed by atoms with Gasteiger partial charge in [0.2, 0.25) is 11.9 Å². The van der Waals surface area contributed by atoms with Gasteiger partial charge in [-0.05, 0) is 36.6 Å². The first kappa shape index (κ1) is 19.2. The van der Waals surface area contributed by atoms with Gasteiger partial charge in [0.15, 0.2) is 0 Å². The van der Waals surface area contributed by atoms with Crippen molar-refractivity contribution in [2.45, 2.75) is 26.8 Å². The fourth-order valence-electron chi connectivity index (χ4n) is 3.72. The third-order valence-corrected chi connectivity index (χ3v) is 5.37. The Morgan fingerprint density at radius 3 is 2.66 bits per heavy atom. The van der Waals surface area contributed by atoms with E-state index in [1.54, 1.807) is 6.92 Å². The third kappa shape index (κ3) is 4.47. The maximum atomic E-state index is 11.7. The molecule has 1 aromatic heterocycles. The molecular weight excluding hydrogens is 362 g/mol. The molecule has 2 heterocycles. The number of rotatable bonds is 4. The lowest BCUT2D eigenvalue weighted by molar-refractivity contribution is -0.128. The molecule has 0 radical (unpaired) electrons. The lowest BCUT2D eigenvalue weighted by Crippen LogP contribution is -2.34. The van der Waals surface area contributed by atoms with Crippen molar-refractivity contribution in [2.75, 3.05) is 36.4 Å². The summed E-state index contributed by atoms with van der Waals surface area (Å²) in [5, 5.41) is 4.53. The summed E-state index contributed by atoms with van der Waals surface area (Å²) in [5.41, 5.74) is 3.33. The van der Waals surface area contributed by atoms with Gasteiger partial charge in [0.25, 0.3) is 0 Å². The molecule has 1 N–H and O–H groups in total. The van der Waals surface area contributed by atoms with Gasteiger partial charge in [0.05, 0.1) is 5.52 Å². The number of fused-ring (bicyclic) bond motifs is 1. The van der Waals surface area contributed by atoms with Crippen molar-refractivity contribution < 1.29 is 4.79 Å². The second kappa shape index (κ2) is 8.47. The fourth-order valence-corrected chi connectivity index (χ4v) is 3.72. The van der Waals surface area contributed by atoms with Crippen molar-refractivity contribution in [3.8, 4) is 0 Å². The van der Waals surface area contributed by atoms with Crippen molar-refractivity contribution in [1.82, 2.24) is 14.9 Å². The molecule has 2 aromatic carbocycles. The monoisotopic (exact) mass is 389 g/mol. The summed E-state index contributed by atoms with van der Waals surface area (Å²) in [7, 11) is 0. The van der Waals surface area contributed by atoms with E-state index in [1.165, 1.54) is 11.1 Å². The molecule has 0 atom stereocenters. The first-order chi connectivity index (χ1) is 14.1. The number of nitrogens with one attached hydrogen (secondary N) is 1. The Balaban J connectivity index is 1.64. The summed E-state index contributed by atoms with van der Waals surface area (Å²) in [6, 6.07) is 16.6. The van der Waals surface area contributed by atoms with Gasteiger partial charge < -0.3 is 15.1 Å².